The molecule has 2 saturated heterocycles. The van der Waals surface area contributed by atoms with Crippen molar-refractivity contribution in [3.63, 3.8) is 0 Å². The molecule has 2 fully saturated rings. The maximum Gasteiger partial charge on any atom is 0.230 e. The highest BCUT2D eigenvalue weighted by atomic mass is 35.5. The van der Waals surface area contributed by atoms with Crippen LogP contribution in [0.3, 0.4) is 0 Å². The van der Waals surface area contributed by atoms with Crippen molar-refractivity contribution >= 4 is 35.1 Å². The van der Waals surface area contributed by atoms with E-state index in [1.807, 2.05) is 6.07 Å². The molecule has 0 saturated carbocycles. The molecular weight excluding hydrogens is 406 g/mol. The summed E-state index contributed by atoms with van der Waals surface area (Å²) in [5.41, 5.74) is 0. The molecular formula is C21H34ClN5OS. The Labute approximate surface area is 184 Å². The monoisotopic (exact) mass is 439 g/mol. The summed E-state index contributed by atoms with van der Waals surface area (Å²) in [5.74, 6) is 1.98. The molecule has 0 radical (unpaired) electrons. The first-order valence-electron chi connectivity index (χ1n) is 10.9. The number of nitrogens with zero attached hydrogens (tertiary/aromatic N) is 4. The fraction of sp³-hybridized carbons (Fsp3) is 0.762. The number of hydrogen-bond donors (Lipinski definition) is 1. The maximum atomic E-state index is 12.2. The van der Waals surface area contributed by atoms with Gasteiger partial charge in [-0.2, -0.15) is 0 Å². The minimum Gasteiger partial charge on any atom is -0.356 e. The zero-order valence-electron chi connectivity index (χ0n) is 17.7. The summed E-state index contributed by atoms with van der Waals surface area (Å²) in [6.07, 6.45) is 7.26. The smallest absolute Gasteiger partial charge is 0.230 e. The van der Waals surface area contributed by atoms with E-state index < -0.39 is 0 Å². The molecule has 1 amide bonds. The van der Waals surface area contributed by atoms with Crippen molar-refractivity contribution in [2.24, 2.45) is 5.92 Å². The lowest BCUT2D eigenvalue weighted by molar-refractivity contribution is -0.118. The Bertz CT molecular complexity index is 668. The summed E-state index contributed by atoms with van der Waals surface area (Å²) < 4.78 is 0. The van der Waals surface area contributed by atoms with Crippen LogP contribution in [-0.2, 0) is 4.79 Å². The van der Waals surface area contributed by atoms with Crippen molar-refractivity contribution in [1.29, 1.82) is 0 Å². The summed E-state index contributed by atoms with van der Waals surface area (Å²) in [5, 5.41) is 4.03. The van der Waals surface area contributed by atoms with E-state index in [0.717, 1.165) is 44.3 Å². The van der Waals surface area contributed by atoms with Crippen molar-refractivity contribution in [2.45, 2.75) is 63.6 Å². The zero-order valence-corrected chi connectivity index (χ0v) is 19.3. The van der Waals surface area contributed by atoms with E-state index in [0.29, 0.717) is 22.1 Å². The number of halogens is 1. The summed E-state index contributed by atoms with van der Waals surface area (Å²) in [6.45, 7) is 9.55. The molecule has 2 aliphatic rings. The van der Waals surface area contributed by atoms with E-state index in [-0.39, 0.29) is 5.91 Å². The third kappa shape index (κ3) is 7.30. The first kappa shape index (κ1) is 22.6. The predicted molar refractivity (Wildman–Crippen MR) is 121 cm³/mol. The van der Waals surface area contributed by atoms with Crippen LogP contribution in [-0.4, -0.2) is 65.3 Å². The van der Waals surface area contributed by atoms with Gasteiger partial charge in [-0.3, -0.25) is 4.79 Å². The molecule has 2 aliphatic heterocycles. The second-order valence-corrected chi connectivity index (χ2v) is 9.70. The Kier molecular flexibility index (Phi) is 8.87. The first-order chi connectivity index (χ1) is 14.0. The molecule has 0 spiro atoms. The number of thioether (sulfide) groups is 1. The van der Waals surface area contributed by atoms with Crippen molar-refractivity contribution < 1.29 is 4.79 Å². The van der Waals surface area contributed by atoms with Gasteiger partial charge in [0.2, 0.25) is 5.91 Å². The van der Waals surface area contributed by atoms with Gasteiger partial charge in [-0.25, -0.2) is 9.97 Å². The van der Waals surface area contributed by atoms with Crippen LogP contribution in [0, 0.1) is 5.92 Å². The normalized spacial score (nSPS) is 21.3. The predicted octanol–water partition coefficient (Wildman–Crippen LogP) is 3.84. The number of hydrogen-bond acceptors (Lipinski definition) is 6. The Balaban J connectivity index is 1.39. The molecule has 0 bridgehead atoms. The average Bonchev–Trinajstić information content (AvgIpc) is 2.71. The lowest BCUT2D eigenvalue weighted by atomic mass is 9.99. The van der Waals surface area contributed by atoms with Crippen molar-refractivity contribution in [2.75, 3.05) is 43.4 Å². The largest absolute Gasteiger partial charge is 0.356 e. The second-order valence-electron chi connectivity index (χ2n) is 8.37. The number of carbonyl (C=O) groups excluding carboxylic acids is 1. The van der Waals surface area contributed by atoms with Gasteiger partial charge in [-0.15, -0.1) is 0 Å². The Morgan fingerprint density at radius 3 is 2.76 bits per heavy atom. The van der Waals surface area contributed by atoms with Crippen LogP contribution in [0.4, 0.5) is 5.82 Å². The van der Waals surface area contributed by atoms with Gasteiger partial charge in [0.15, 0.2) is 5.16 Å². The van der Waals surface area contributed by atoms with Gasteiger partial charge >= 0.3 is 0 Å². The van der Waals surface area contributed by atoms with Gasteiger partial charge in [-0.05, 0) is 51.5 Å². The van der Waals surface area contributed by atoms with Crippen molar-refractivity contribution in [1.82, 2.24) is 20.2 Å². The van der Waals surface area contributed by atoms with E-state index in [2.05, 4.69) is 38.9 Å². The van der Waals surface area contributed by atoms with E-state index in [9.17, 15) is 4.79 Å². The standard InChI is InChI=1S/C21H34ClN5OS/c1-16-7-12-27(13-8-16)19-14-18(22)24-21(25-19)29-15-20(28)23-9-5-11-26-10-4-3-6-17(26)2/h14,16-17H,3-13,15H2,1-2H3,(H,23,28). The second kappa shape index (κ2) is 11.4. The average molecular weight is 440 g/mol. The van der Waals surface area contributed by atoms with Gasteiger partial charge in [0.05, 0.1) is 5.75 Å². The number of anilines is 1. The number of nitrogens with one attached hydrogen (secondary N) is 1. The van der Waals surface area contributed by atoms with Crippen LogP contribution in [0.2, 0.25) is 5.15 Å². The van der Waals surface area contributed by atoms with E-state index in [1.54, 1.807) is 0 Å². The molecule has 29 heavy (non-hydrogen) atoms. The molecule has 1 unspecified atom stereocenters. The minimum atomic E-state index is 0.0265. The Hall–Kier alpha value is -1.05. The molecule has 1 N–H and O–H groups in total. The summed E-state index contributed by atoms with van der Waals surface area (Å²) in [4.78, 5) is 25.9. The SMILES string of the molecule is CC1CCN(c2cc(Cl)nc(SCC(=O)NCCCN3CCCCC3C)n2)CC1. The highest BCUT2D eigenvalue weighted by Gasteiger charge is 2.19. The van der Waals surface area contributed by atoms with Crippen molar-refractivity contribution in [3.8, 4) is 0 Å². The number of amides is 1. The fourth-order valence-corrected chi connectivity index (χ4v) is 4.94. The molecule has 162 valence electrons. The van der Waals surface area contributed by atoms with Gasteiger partial charge in [0.25, 0.3) is 0 Å². The summed E-state index contributed by atoms with van der Waals surface area (Å²) >= 11 is 7.56. The molecule has 3 heterocycles. The number of rotatable bonds is 8. The fourth-order valence-electron chi connectivity index (χ4n) is 4.03. The molecule has 8 heteroatoms. The van der Waals surface area contributed by atoms with E-state index in [4.69, 9.17) is 11.6 Å². The molecule has 6 nitrogen and oxygen atoms in total. The molecule has 0 aromatic carbocycles. The molecule has 1 aromatic rings. The minimum absolute atomic E-state index is 0.0265. The van der Waals surface area contributed by atoms with Crippen LogP contribution in [0.5, 0.6) is 0 Å². The topological polar surface area (TPSA) is 61.4 Å². The molecule has 3 rings (SSSR count). The number of piperidine rings is 2. The van der Waals surface area contributed by atoms with Crippen LogP contribution in [0.25, 0.3) is 0 Å². The highest BCUT2D eigenvalue weighted by Crippen LogP contribution is 2.25. The van der Waals surface area contributed by atoms with Crippen molar-refractivity contribution in [3.05, 3.63) is 11.2 Å². The van der Waals surface area contributed by atoms with E-state index >= 15 is 0 Å². The van der Waals surface area contributed by atoms with Gasteiger partial charge < -0.3 is 15.1 Å². The third-order valence-corrected chi connectivity index (χ3v) is 7.03. The van der Waals surface area contributed by atoms with Crippen LogP contribution in [0.15, 0.2) is 11.2 Å². The van der Waals surface area contributed by atoms with Gasteiger partial charge in [0, 0.05) is 38.3 Å². The van der Waals surface area contributed by atoms with Crippen LogP contribution < -0.4 is 10.2 Å². The quantitative estimate of drug-likeness (QED) is 0.287. The number of aromatic nitrogens is 2. The van der Waals surface area contributed by atoms with Crippen LogP contribution in [0.1, 0.15) is 52.4 Å². The summed E-state index contributed by atoms with van der Waals surface area (Å²) in [6, 6.07) is 2.50. The Morgan fingerprint density at radius 1 is 1.21 bits per heavy atom. The maximum absolute atomic E-state index is 12.2. The number of likely N-dealkylation sites (tertiary alicyclic amines) is 1. The number of carbonyl (C=O) groups is 1. The third-order valence-electron chi connectivity index (χ3n) is 5.99. The Morgan fingerprint density at radius 2 is 2.00 bits per heavy atom. The van der Waals surface area contributed by atoms with E-state index in [1.165, 1.54) is 50.4 Å². The lowest BCUT2D eigenvalue weighted by Crippen LogP contribution is -2.39. The summed E-state index contributed by atoms with van der Waals surface area (Å²) in [7, 11) is 0. The molecule has 1 atom stereocenters. The highest BCUT2D eigenvalue weighted by molar-refractivity contribution is 7.99. The molecule has 1 aromatic heterocycles. The van der Waals surface area contributed by atoms with Gasteiger partial charge in [0.1, 0.15) is 11.0 Å². The molecule has 0 aliphatic carbocycles. The lowest BCUT2D eigenvalue weighted by Gasteiger charge is -2.33. The zero-order chi connectivity index (χ0) is 20.6. The first-order valence-corrected chi connectivity index (χ1v) is 12.3. The van der Waals surface area contributed by atoms with Gasteiger partial charge in [-0.1, -0.05) is 36.7 Å². The van der Waals surface area contributed by atoms with Crippen LogP contribution >= 0.6 is 23.4 Å².